The van der Waals surface area contributed by atoms with Gasteiger partial charge in [-0.2, -0.15) is 5.26 Å². The second kappa shape index (κ2) is 6.07. The minimum Gasteiger partial charge on any atom is -0.495 e. The second-order valence-corrected chi connectivity index (χ2v) is 4.23. The first kappa shape index (κ1) is 13.2. The van der Waals surface area contributed by atoms with Gasteiger partial charge in [0, 0.05) is 24.0 Å². The summed E-state index contributed by atoms with van der Waals surface area (Å²) in [5.74, 6) is 0.631. The summed E-state index contributed by atoms with van der Waals surface area (Å²) in [5.41, 5.74) is 2.13. The fourth-order valence-corrected chi connectivity index (χ4v) is 1.91. The molecule has 0 radical (unpaired) electrons. The van der Waals surface area contributed by atoms with E-state index in [0.717, 1.165) is 11.3 Å². The number of methoxy groups -OCH3 is 1. The van der Waals surface area contributed by atoms with Crippen molar-refractivity contribution in [3.05, 3.63) is 52.8 Å². The van der Waals surface area contributed by atoms with Gasteiger partial charge in [-0.15, -0.1) is 0 Å². The lowest BCUT2D eigenvalue weighted by Crippen LogP contribution is -2.02. The summed E-state index contributed by atoms with van der Waals surface area (Å²) in [4.78, 5) is 4.01. The van der Waals surface area contributed by atoms with Gasteiger partial charge >= 0.3 is 0 Å². The van der Waals surface area contributed by atoms with Gasteiger partial charge in [0.1, 0.15) is 17.5 Å². The van der Waals surface area contributed by atoms with Crippen LogP contribution in [0, 0.1) is 11.3 Å². The number of hydrogen-bond donors (Lipinski definition) is 1. The molecule has 0 bridgehead atoms. The molecule has 0 saturated carbocycles. The van der Waals surface area contributed by atoms with Gasteiger partial charge in [0.25, 0.3) is 0 Å². The maximum atomic E-state index is 8.95. The SMILES string of the molecule is COc1ccc(NCc2cccnc2C#N)cc1Cl. The smallest absolute Gasteiger partial charge is 0.145 e. The Morgan fingerprint density at radius 1 is 1.42 bits per heavy atom. The largest absolute Gasteiger partial charge is 0.495 e. The zero-order valence-electron chi connectivity index (χ0n) is 10.4. The number of pyridine rings is 1. The lowest BCUT2D eigenvalue weighted by molar-refractivity contribution is 0.415. The lowest BCUT2D eigenvalue weighted by atomic mass is 10.2. The van der Waals surface area contributed by atoms with E-state index in [4.69, 9.17) is 21.6 Å². The highest BCUT2D eigenvalue weighted by Gasteiger charge is 2.04. The number of anilines is 1. The third kappa shape index (κ3) is 3.15. The monoisotopic (exact) mass is 273 g/mol. The van der Waals surface area contributed by atoms with Crippen LogP contribution in [-0.4, -0.2) is 12.1 Å². The Bertz CT molecular complexity index is 622. The van der Waals surface area contributed by atoms with Gasteiger partial charge in [0.05, 0.1) is 12.1 Å². The molecule has 1 heterocycles. The Balaban J connectivity index is 2.11. The van der Waals surface area contributed by atoms with E-state index >= 15 is 0 Å². The Hall–Kier alpha value is -2.25. The highest BCUT2D eigenvalue weighted by Crippen LogP contribution is 2.27. The molecule has 0 unspecified atom stereocenters. The van der Waals surface area contributed by atoms with Crippen molar-refractivity contribution in [1.82, 2.24) is 4.98 Å². The highest BCUT2D eigenvalue weighted by atomic mass is 35.5. The van der Waals surface area contributed by atoms with Crippen molar-refractivity contribution in [2.75, 3.05) is 12.4 Å². The number of nitriles is 1. The third-order valence-electron chi connectivity index (χ3n) is 2.63. The first-order chi connectivity index (χ1) is 9.24. The molecule has 0 atom stereocenters. The van der Waals surface area contributed by atoms with Crippen molar-refractivity contribution < 1.29 is 4.74 Å². The van der Waals surface area contributed by atoms with Crippen LogP contribution in [-0.2, 0) is 6.54 Å². The van der Waals surface area contributed by atoms with E-state index in [1.165, 1.54) is 0 Å². The van der Waals surface area contributed by atoms with Gasteiger partial charge in [-0.25, -0.2) is 4.98 Å². The third-order valence-corrected chi connectivity index (χ3v) is 2.93. The van der Waals surface area contributed by atoms with Gasteiger partial charge in [0.15, 0.2) is 0 Å². The Kier molecular flexibility index (Phi) is 4.22. The molecule has 0 aliphatic heterocycles. The number of hydrogen-bond acceptors (Lipinski definition) is 4. The van der Waals surface area contributed by atoms with Crippen molar-refractivity contribution in [3.8, 4) is 11.8 Å². The molecule has 0 amide bonds. The molecule has 2 rings (SSSR count). The molecule has 1 aromatic heterocycles. The predicted molar refractivity (Wildman–Crippen MR) is 74.3 cm³/mol. The van der Waals surface area contributed by atoms with Crippen LogP contribution in [0.2, 0.25) is 5.02 Å². The molecule has 4 nitrogen and oxygen atoms in total. The van der Waals surface area contributed by atoms with Crippen molar-refractivity contribution in [2.24, 2.45) is 0 Å². The number of ether oxygens (including phenoxy) is 1. The van der Waals surface area contributed by atoms with E-state index in [1.54, 1.807) is 31.5 Å². The average molecular weight is 274 g/mol. The molecule has 1 N–H and O–H groups in total. The van der Waals surface area contributed by atoms with Gasteiger partial charge in [-0.1, -0.05) is 17.7 Å². The van der Waals surface area contributed by atoms with Crippen molar-refractivity contribution in [2.45, 2.75) is 6.54 Å². The van der Waals surface area contributed by atoms with Crippen LogP contribution in [0.4, 0.5) is 5.69 Å². The minimum atomic E-state index is 0.426. The summed E-state index contributed by atoms with van der Waals surface area (Å²) in [6, 6.07) is 11.2. The zero-order valence-corrected chi connectivity index (χ0v) is 11.1. The lowest BCUT2D eigenvalue weighted by Gasteiger charge is -2.09. The number of halogens is 1. The molecule has 0 aliphatic carbocycles. The summed E-state index contributed by atoms with van der Waals surface area (Å²) in [5, 5.41) is 12.7. The summed E-state index contributed by atoms with van der Waals surface area (Å²) in [6.07, 6.45) is 1.60. The molecule has 5 heteroatoms. The van der Waals surface area contributed by atoms with Crippen LogP contribution in [0.1, 0.15) is 11.3 Å². The van der Waals surface area contributed by atoms with Crippen molar-refractivity contribution in [3.63, 3.8) is 0 Å². The van der Waals surface area contributed by atoms with E-state index in [1.807, 2.05) is 12.1 Å². The van der Waals surface area contributed by atoms with E-state index in [0.29, 0.717) is 23.0 Å². The molecular formula is C14H12ClN3O. The first-order valence-electron chi connectivity index (χ1n) is 5.66. The normalized spacial score (nSPS) is 9.74. The van der Waals surface area contributed by atoms with Crippen LogP contribution in [0.5, 0.6) is 5.75 Å². The van der Waals surface area contributed by atoms with E-state index in [9.17, 15) is 0 Å². The van der Waals surface area contributed by atoms with Gasteiger partial charge in [0.2, 0.25) is 0 Å². The first-order valence-corrected chi connectivity index (χ1v) is 6.04. The summed E-state index contributed by atoms with van der Waals surface area (Å²) < 4.78 is 5.09. The van der Waals surface area contributed by atoms with E-state index in [2.05, 4.69) is 16.4 Å². The minimum absolute atomic E-state index is 0.426. The molecule has 0 fully saturated rings. The van der Waals surface area contributed by atoms with Gasteiger partial charge < -0.3 is 10.1 Å². The van der Waals surface area contributed by atoms with E-state index < -0.39 is 0 Å². The highest BCUT2D eigenvalue weighted by molar-refractivity contribution is 6.32. The van der Waals surface area contributed by atoms with Crippen LogP contribution in [0.3, 0.4) is 0 Å². The molecule has 0 aliphatic rings. The Morgan fingerprint density at radius 2 is 2.26 bits per heavy atom. The van der Waals surface area contributed by atoms with Crippen LogP contribution >= 0.6 is 11.6 Å². The topological polar surface area (TPSA) is 57.9 Å². The number of nitrogens with one attached hydrogen (secondary N) is 1. The second-order valence-electron chi connectivity index (χ2n) is 3.83. The molecular weight excluding hydrogens is 262 g/mol. The predicted octanol–water partition coefficient (Wildman–Crippen LogP) is 3.23. The molecule has 0 spiro atoms. The molecule has 96 valence electrons. The number of benzene rings is 1. The summed E-state index contributed by atoms with van der Waals surface area (Å²) in [7, 11) is 1.57. The number of aromatic nitrogens is 1. The Morgan fingerprint density at radius 3 is 2.95 bits per heavy atom. The number of nitrogens with zero attached hydrogens (tertiary/aromatic N) is 2. The fourth-order valence-electron chi connectivity index (χ4n) is 1.66. The molecule has 2 aromatic rings. The van der Waals surface area contributed by atoms with Crippen LogP contribution < -0.4 is 10.1 Å². The van der Waals surface area contributed by atoms with Gasteiger partial charge in [-0.3, -0.25) is 0 Å². The molecule has 19 heavy (non-hydrogen) atoms. The maximum absolute atomic E-state index is 8.95. The van der Waals surface area contributed by atoms with Gasteiger partial charge in [-0.05, 0) is 24.3 Å². The standard InChI is InChI=1S/C14H12ClN3O/c1-19-14-5-4-11(7-12(14)15)18-9-10-3-2-6-17-13(10)8-16/h2-7,18H,9H2,1H3. The van der Waals surface area contributed by atoms with Crippen molar-refractivity contribution in [1.29, 1.82) is 5.26 Å². The maximum Gasteiger partial charge on any atom is 0.145 e. The average Bonchev–Trinajstić information content (AvgIpc) is 2.45. The zero-order chi connectivity index (χ0) is 13.7. The number of rotatable bonds is 4. The molecule has 0 saturated heterocycles. The van der Waals surface area contributed by atoms with Crippen LogP contribution in [0.15, 0.2) is 36.5 Å². The summed E-state index contributed by atoms with van der Waals surface area (Å²) in [6.45, 7) is 0.513. The fraction of sp³-hybridized carbons (Fsp3) is 0.143. The summed E-state index contributed by atoms with van der Waals surface area (Å²) >= 11 is 6.04. The Labute approximate surface area is 116 Å². The molecule has 1 aromatic carbocycles. The quantitative estimate of drug-likeness (QED) is 0.929. The van der Waals surface area contributed by atoms with Crippen LogP contribution in [0.25, 0.3) is 0 Å². The van der Waals surface area contributed by atoms with Crippen molar-refractivity contribution >= 4 is 17.3 Å². The van der Waals surface area contributed by atoms with E-state index in [-0.39, 0.29) is 0 Å².